The molecule has 4 unspecified atom stereocenters. The van der Waals surface area contributed by atoms with Gasteiger partial charge in [0.2, 0.25) is 17.7 Å². The third-order valence-corrected chi connectivity index (χ3v) is 5.98. The molecule has 0 radical (unpaired) electrons. The molecular formula is C27H45N7O6. The Morgan fingerprint density at radius 2 is 1.30 bits per heavy atom. The lowest BCUT2D eigenvalue weighted by Gasteiger charge is -2.27. The number of phenols is 1. The van der Waals surface area contributed by atoms with Crippen LogP contribution < -0.4 is 33.2 Å². The van der Waals surface area contributed by atoms with Crippen LogP contribution in [0.2, 0.25) is 0 Å². The van der Waals surface area contributed by atoms with Crippen molar-refractivity contribution in [3.8, 4) is 5.75 Å². The van der Waals surface area contributed by atoms with Crippen LogP contribution in [-0.2, 0) is 25.6 Å². The SMILES string of the molecule is CC(C)CC(NC(=O)C(N)CCCN=C(N)N)C(=O)NC(CC(C)C)C(=O)NC(Cc1ccc(O)cc1)C(=O)O. The van der Waals surface area contributed by atoms with E-state index in [2.05, 4.69) is 20.9 Å². The smallest absolute Gasteiger partial charge is 0.326 e. The molecule has 224 valence electrons. The molecule has 0 aromatic heterocycles. The Balaban J connectivity index is 2.95. The molecule has 0 heterocycles. The van der Waals surface area contributed by atoms with Crippen molar-refractivity contribution < 1.29 is 29.4 Å². The second-order valence-corrected chi connectivity index (χ2v) is 10.7. The fourth-order valence-corrected chi connectivity index (χ4v) is 3.95. The van der Waals surface area contributed by atoms with Gasteiger partial charge in [0.25, 0.3) is 0 Å². The Morgan fingerprint density at radius 1 is 0.825 bits per heavy atom. The first-order chi connectivity index (χ1) is 18.7. The number of nitrogens with zero attached hydrogens (tertiary/aromatic N) is 1. The van der Waals surface area contributed by atoms with Crippen LogP contribution >= 0.6 is 0 Å². The summed E-state index contributed by atoms with van der Waals surface area (Å²) in [6, 6.07) is 1.85. The van der Waals surface area contributed by atoms with Crippen LogP contribution in [0.15, 0.2) is 29.3 Å². The molecule has 1 rings (SSSR count). The molecule has 1 aromatic rings. The summed E-state index contributed by atoms with van der Waals surface area (Å²) >= 11 is 0. The number of nitrogens with one attached hydrogen (secondary N) is 3. The zero-order valence-electron chi connectivity index (χ0n) is 23.7. The number of rotatable bonds is 17. The highest BCUT2D eigenvalue weighted by atomic mass is 16.4. The zero-order chi connectivity index (χ0) is 30.4. The van der Waals surface area contributed by atoms with Gasteiger partial charge >= 0.3 is 5.97 Å². The third-order valence-electron chi connectivity index (χ3n) is 5.98. The monoisotopic (exact) mass is 563 g/mol. The Morgan fingerprint density at radius 3 is 1.75 bits per heavy atom. The number of carbonyl (C=O) groups is 4. The molecule has 0 saturated heterocycles. The average Bonchev–Trinajstić information content (AvgIpc) is 2.85. The second-order valence-electron chi connectivity index (χ2n) is 10.7. The van der Waals surface area contributed by atoms with Gasteiger partial charge in [-0.3, -0.25) is 19.4 Å². The van der Waals surface area contributed by atoms with Gasteiger partial charge in [-0.15, -0.1) is 0 Å². The van der Waals surface area contributed by atoms with E-state index in [1.54, 1.807) is 12.1 Å². The highest BCUT2D eigenvalue weighted by molar-refractivity contribution is 5.94. The molecule has 11 N–H and O–H groups in total. The summed E-state index contributed by atoms with van der Waals surface area (Å²) in [6.45, 7) is 7.83. The number of aromatic hydroxyl groups is 1. The molecule has 40 heavy (non-hydrogen) atoms. The molecule has 0 fully saturated rings. The standard InChI is InChI=1S/C27H45N7O6/c1-15(2)12-20(32-23(36)19(28)6-5-11-31-27(29)30)24(37)33-21(13-16(3)4)25(38)34-22(26(39)40)14-17-7-9-18(35)10-8-17/h7-10,15-16,19-22,35H,5-6,11-14,28H2,1-4H3,(H,32,36)(H,33,37)(H,34,38)(H,39,40)(H4,29,30,31). The van der Waals surface area contributed by atoms with Gasteiger partial charge in [-0.05, 0) is 55.2 Å². The number of hydrogen-bond donors (Lipinski definition) is 8. The minimum atomic E-state index is -1.26. The number of aliphatic imine (C=N–C) groups is 1. The number of amides is 3. The number of guanidine groups is 1. The fourth-order valence-electron chi connectivity index (χ4n) is 3.95. The quantitative estimate of drug-likeness (QED) is 0.0719. The third kappa shape index (κ3) is 13.3. The van der Waals surface area contributed by atoms with Crippen molar-refractivity contribution >= 4 is 29.7 Å². The van der Waals surface area contributed by atoms with Gasteiger partial charge in [-0.1, -0.05) is 39.8 Å². The van der Waals surface area contributed by atoms with E-state index in [0.717, 1.165) is 0 Å². The minimum Gasteiger partial charge on any atom is -0.508 e. The number of hydrogen-bond acceptors (Lipinski definition) is 7. The Kier molecular flexibility index (Phi) is 14.5. The van der Waals surface area contributed by atoms with Gasteiger partial charge in [0, 0.05) is 13.0 Å². The van der Waals surface area contributed by atoms with Crippen LogP contribution in [0.1, 0.15) is 58.9 Å². The molecule has 0 spiro atoms. The van der Waals surface area contributed by atoms with Gasteiger partial charge < -0.3 is 43.4 Å². The van der Waals surface area contributed by atoms with E-state index in [0.29, 0.717) is 31.4 Å². The lowest BCUT2D eigenvalue weighted by atomic mass is 9.99. The minimum absolute atomic E-state index is 0.00629. The van der Waals surface area contributed by atoms with E-state index >= 15 is 0 Å². The molecule has 0 saturated carbocycles. The summed E-state index contributed by atoms with van der Waals surface area (Å²) in [6.07, 6.45) is 1.30. The summed E-state index contributed by atoms with van der Waals surface area (Å²) in [5.41, 5.74) is 17.2. The molecule has 1 aromatic carbocycles. The molecular weight excluding hydrogens is 518 g/mol. The van der Waals surface area contributed by atoms with Crippen molar-refractivity contribution in [1.29, 1.82) is 0 Å². The molecule has 3 amide bonds. The molecule has 4 atom stereocenters. The summed E-state index contributed by atoms with van der Waals surface area (Å²) in [4.78, 5) is 54.9. The molecule has 0 aliphatic rings. The van der Waals surface area contributed by atoms with Crippen molar-refractivity contribution in [1.82, 2.24) is 16.0 Å². The van der Waals surface area contributed by atoms with E-state index in [4.69, 9.17) is 17.2 Å². The average molecular weight is 564 g/mol. The van der Waals surface area contributed by atoms with Gasteiger partial charge in [-0.2, -0.15) is 0 Å². The fraction of sp³-hybridized carbons (Fsp3) is 0.593. The van der Waals surface area contributed by atoms with E-state index in [9.17, 15) is 29.4 Å². The van der Waals surface area contributed by atoms with Crippen LogP contribution in [0.5, 0.6) is 5.75 Å². The molecule has 0 aliphatic carbocycles. The van der Waals surface area contributed by atoms with Gasteiger partial charge in [0.15, 0.2) is 5.96 Å². The Labute approximate surface area is 235 Å². The summed E-state index contributed by atoms with van der Waals surface area (Å²) in [5.74, 6) is -2.97. The predicted octanol–water partition coefficient (Wildman–Crippen LogP) is -0.0532. The zero-order valence-corrected chi connectivity index (χ0v) is 23.7. The van der Waals surface area contributed by atoms with Crippen LogP contribution in [0.3, 0.4) is 0 Å². The van der Waals surface area contributed by atoms with Crippen LogP contribution in [0.25, 0.3) is 0 Å². The van der Waals surface area contributed by atoms with E-state index in [-0.39, 0.29) is 36.4 Å². The maximum Gasteiger partial charge on any atom is 0.326 e. The second kappa shape index (κ2) is 17.0. The van der Waals surface area contributed by atoms with E-state index in [1.165, 1.54) is 12.1 Å². The number of aliphatic carboxylic acids is 1. The van der Waals surface area contributed by atoms with Crippen molar-refractivity contribution in [2.24, 2.45) is 34.0 Å². The molecule has 0 aliphatic heterocycles. The first-order valence-corrected chi connectivity index (χ1v) is 13.4. The van der Waals surface area contributed by atoms with Gasteiger partial charge in [0.1, 0.15) is 23.9 Å². The van der Waals surface area contributed by atoms with E-state index < -0.39 is 47.9 Å². The maximum absolute atomic E-state index is 13.3. The van der Waals surface area contributed by atoms with Crippen molar-refractivity contribution in [2.75, 3.05) is 6.54 Å². The summed E-state index contributed by atoms with van der Waals surface area (Å²) in [5, 5.41) is 27.1. The van der Waals surface area contributed by atoms with Crippen LogP contribution in [-0.4, -0.2) is 70.6 Å². The van der Waals surface area contributed by atoms with Gasteiger partial charge in [-0.25, -0.2) is 4.79 Å². The molecule has 13 nitrogen and oxygen atoms in total. The van der Waals surface area contributed by atoms with Crippen molar-refractivity contribution in [2.45, 2.75) is 84.0 Å². The maximum atomic E-state index is 13.3. The Bertz CT molecular complexity index is 1010. The highest BCUT2D eigenvalue weighted by Gasteiger charge is 2.31. The number of phenolic OH excluding ortho intramolecular Hbond substituents is 1. The van der Waals surface area contributed by atoms with Gasteiger partial charge in [0.05, 0.1) is 6.04 Å². The predicted molar refractivity (Wildman–Crippen MR) is 152 cm³/mol. The van der Waals surface area contributed by atoms with E-state index in [1.807, 2.05) is 27.7 Å². The molecule has 0 bridgehead atoms. The van der Waals surface area contributed by atoms with Crippen molar-refractivity contribution in [3.63, 3.8) is 0 Å². The lowest BCUT2D eigenvalue weighted by Crippen LogP contribution is -2.57. The number of benzene rings is 1. The Hall–Kier alpha value is -3.87. The van der Waals surface area contributed by atoms with Crippen molar-refractivity contribution in [3.05, 3.63) is 29.8 Å². The number of carboxylic acids is 1. The lowest BCUT2D eigenvalue weighted by molar-refractivity contribution is -0.142. The van der Waals surface area contributed by atoms with Crippen LogP contribution in [0.4, 0.5) is 0 Å². The number of nitrogens with two attached hydrogens (primary N) is 3. The summed E-state index contributed by atoms with van der Waals surface area (Å²) in [7, 11) is 0. The first kappa shape index (κ1) is 34.2. The van der Waals surface area contributed by atoms with Crippen LogP contribution in [0, 0.1) is 11.8 Å². The normalized spacial score (nSPS) is 14.1. The topological polar surface area (TPSA) is 235 Å². The summed E-state index contributed by atoms with van der Waals surface area (Å²) < 4.78 is 0. The number of carbonyl (C=O) groups excluding carboxylic acids is 3. The molecule has 13 heteroatoms. The first-order valence-electron chi connectivity index (χ1n) is 13.4. The number of carboxylic acid groups (broad SMARTS) is 1. The largest absolute Gasteiger partial charge is 0.508 e. The highest BCUT2D eigenvalue weighted by Crippen LogP contribution is 2.13.